The maximum atomic E-state index is 11.5. The summed E-state index contributed by atoms with van der Waals surface area (Å²) < 4.78 is 15.6. The smallest absolute Gasteiger partial charge is 0.338 e. The van der Waals surface area contributed by atoms with Gasteiger partial charge in [0, 0.05) is 25.3 Å². The molecule has 4 nitrogen and oxygen atoms in total. The molecule has 0 spiro atoms. The molecule has 1 heterocycles. The van der Waals surface area contributed by atoms with Crippen LogP contribution in [-0.2, 0) is 20.8 Å². The molecular weight excluding hydrogens is 268 g/mol. The summed E-state index contributed by atoms with van der Waals surface area (Å²) in [6, 6.07) is 13.7. The van der Waals surface area contributed by atoms with Gasteiger partial charge < -0.3 is 14.2 Å². The van der Waals surface area contributed by atoms with Gasteiger partial charge in [-0.15, -0.1) is 0 Å². The summed E-state index contributed by atoms with van der Waals surface area (Å²) in [4.78, 5) is 11.5. The molecule has 0 amide bonds. The maximum Gasteiger partial charge on any atom is 0.338 e. The number of esters is 1. The van der Waals surface area contributed by atoms with Gasteiger partial charge >= 0.3 is 5.97 Å². The van der Waals surface area contributed by atoms with Gasteiger partial charge in [0.1, 0.15) is 6.61 Å². The molecule has 0 N–H and O–H groups in total. The van der Waals surface area contributed by atoms with Crippen molar-refractivity contribution in [2.75, 3.05) is 14.2 Å². The van der Waals surface area contributed by atoms with Gasteiger partial charge in [0.25, 0.3) is 0 Å². The van der Waals surface area contributed by atoms with E-state index in [2.05, 4.69) is 0 Å². The average molecular weight is 284 g/mol. The molecule has 2 aromatic rings. The quantitative estimate of drug-likeness (QED) is 0.638. The first-order valence-electron chi connectivity index (χ1n) is 6.69. The van der Waals surface area contributed by atoms with Gasteiger partial charge in [-0.2, -0.15) is 0 Å². The van der Waals surface area contributed by atoms with E-state index in [1.165, 1.54) is 0 Å². The van der Waals surface area contributed by atoms with Gasteiger partial charge in [-0.3, -0.25) is 0 Å². The van der Waals surface area contributed by atoms with E-state index >= 15 is 0 Å². The summed E-state index contributed by atoms with van der Waals surface area (Å²) in [5.74, 6) is -0.246. The first kappa shape index (κ1) is 13.8. The standard InChI is InChI=1S/C17H16O4/c1-19-17(20-2)13-5-3-4-11(8-13)12-6-7-15-14(9-12)10-21-16(15)18/h3-9,17H,10H2,1-2H3. The van der Waals surface area contributed by atoms with Gasteiger partial charge in [0.05, 0.1) is 5.56 Å². The van der Waals surface area contributed by atoms with E-state index in [1.54, 1.807) is 14.2 Å². The summed E-state index contributed by atoms with van der Waals surface area (Å²) in [6.07, 6.45) is -0.385. The van der Waals surface area contributed by atoms with E-state index in [4.69, 9.17) is 14.2 Å². The van der Waals surface area contributed by atoms with Crippen LogP contribution in [0.3, 0.4) is 0 Å². The van der Waals surface area contributed by atoms with Gasteiger partial charge in [0.2, 0.25) is 0 Å². The summed E-state index contributed by atoms with van der Waals surface area (Å²) in [5, 5.41) is 0. The molecule has 1 aliphatic heterocycles. The van der Waals surface area contributed by atoms with E-state index in [9.17, 15) is 4.79 Å². The zero-order chi connectivity index (χ0) is 14.8. The van der Waals surface area contributed by atoms with Crippen LogP contribution in [0.5, 0.6) is 0 Å². The lowest BCUT2D eigenvalue weighted by Crippen LogP contribution is -2.03. The van der Waals surface area contributed by atoms with Crippen LogP contribution in [0.4, 0.5) is 0 Å². The van der Waals surface area contributed by atoms with Gasteiger partial charge in [-0.05, 0) is 29.3 Å². The number of ether oxygens (including phenoxy) is 3. The normalized spacial score (nSPS) is 13.4. The predicted octanol–water partition coefficient (Wildman–Crippen LogP) is 3.32. The van der Waals surface area contributed by atoms with Crippen LogP contribution in [-0.4, -0.2) is 20.2 Å². The Morgan fingerprint density at radius 3 is 2.57 bits per heavy atom. The molecule has 1 aliphatic rings. The largest absolute Gasteiger partial charge is 0.457 e. The number of fused-ring (bicyclic) bond motifs is 1. The van der Waals surface area contributed by atoms with Crippen molar-refractivity contribution in [2.24, 2.45) is 0 Å². The fourth-order valence-corrected chi connectivity index (χ4v) is 2.55. The van der Waals surface area contributed by atoms with Crippen molar-refractivity contribution in [3.05, 3.63) is 59.2 Å². The lowest BCUT2D eigenvalue weighted by Gasteiger charge is -2.14. The molecule has 0 bridgehead atoms. The Kier molecular flexibility index (Phi) is 3.73. The van der Waals surface area contributed by atoms with Crippen molar-refractivity contribution < 1.29 is 19.0 Å². The summed E-state index contributed by atoms with van der Waals surface area (Å²) >= 11 is 0. The van der Waals surface area contributed by atoms with Crippen LogP contribution in [0.1, 0.15) is 27.8 Å². The molecule has 0 radical (unpaired) electrons. The van der Waals surface area contributed by atoms with Crippen LogP contribution in [0.2, 0.25) is 0 Å². The van der Waals surface area contributed by atoms with Crippen molar-refractivity contribution >= 4 is 5.97 Å². The lowest BCUT2D eigenvalue weighted by molar-refractivity contribution is -0.105. The molecular formula is C17H16O4. The molecule has 0 atom stereocenters. The number of carbonyl (C=O) groups excluding carboxylic acids is 1. The van der Waals surface area contributed by atoms with Crippen LogP contribution < -0.4 is 0 Å². The number of hydrogen-bond donors (Lipinski definition) is 0. The average Bonchev–Trinajstić information content (AvgIpc) is 2.90. The van der Waals surface area contributed by atoms with Crippen LogP contribution in [0.15, 0.2) is 42.5 Å². The zero-order valence-corrected chi connectivity index (χ0v) is 12.0. The molecule has 0 saturated heterocycles. The maximum absolute atomic E-state index is 11.5. The Morgan fingerprint density at radius 1 is 1.05 bits per heavy atom. The zero-order valence-electron chi connectivity index (χ0n) is 12.0. The van der Waals surface area contributed by atoms with Crippen LogP contribution >= 0.6 is 0 Å². The molecule has 0 aromatic heterocycles. The third-order valence-corrected chi connectivity index (χ3v) is 3.60. The van der Waals surface area contributed by atoms with Gasteiger partial charge in [-0.1, -0.05) is 24.3 Å². The van der Waals surface area contributed by atoms with E-state index < -0.39 is 0 Å². The summed E-state index contributed by atoms with van der Waals surface area (Å²) in [7, 11) is 3.22. The number of hydrogen-bond acceptors (Lipinski definition) is 4. The first-order chi connectivity index (χ1) is 10.2. The lowest BCUT2D eigenvalue weighted by atomic mass is 9.99. The number of carbonyl (C=O) groups is 1. The Labute approximate surface area is 123 Å². The second kappa shape index (κ2) is 5.68. The molecule has 0 saturated carbocycles. The third kappa shape index (κ3) is 2.55. The second-order valence-electron chi connectivity index (χ2n) is 4.88. The topological polar surface area (TPSA) is 44.8 Å². The SMILES string of the molecule is COC(OC)c1cccc(-c2ccc3c(c2)COC3=O)c1. The molecule has 0 fully saturated rings. The van der Waals surface area contributed by atoms with Crippen molar-refractivity contribution in [3.8, 4) is 11.1 Å². The van der Waals surface area contributed by atoms with E-state index in [-0.39, 0.29) is 12.3 Å². The number of rotatable bonds is 4. The minimum Gasteiger partial charge on any atom is -0.457 e. The number of cyclic esters (lactones) is 1. The van der Waals surface area contributed by atoms with Crippen molar-refractivity contribution in [3.63, 3.8) is 0 Å². The monoisotopic (exact) mass is 284 g/mol. The predicted molar refractivity (Wildman–Crippen MR) is 77.8 cm³/mol. The Bertz CT molecular complexity index is 674. The van der Waals surface area contributed by atoms with E-state index in [1.807, 2.05) is 42.5 Å². The summed E-state index contributed by atoms with van der Waals surface area (Å²) in [5.41, 5.74) is 4.62. The fourth-order valence-electron chi connectivity index (χ4n) is 2.55. The molecule has 3 rings (SSSR count). The third-order valence-electron chi connectivity index (χ3n) is 3.60. The highest BCUT2D eigenvalue weighted by Gasteiger charge is 2.21. The van der Waals surface area contributed by atoms with E-state index in [0.717, 1.165) is 22.3 Å². The molecule has 108 valence electrons. The Morgan fingerprint density at radius 2 is 1.81 bits per heavy atom. The molecule has 0 aliphatic carbocycles. The second-order valence-corrected chi connectivity index (χ2v) is 4.88. The highest BCUT2D eigenvalue weighted by atomic mass is 16.7. The van der Waals surface area contributed by atoms with Crippen LogP contribution in [0, 0.1) is 0 Å². The van der Waals surface area contributed by atoms with Crippen LogP contribution in [0.25, 0.3) is 11.1 Å². The Hall–Kier alpha value is -2.17. The first-order valence-corrected chi connectivity index (χ1v) is 6.69. The summed E-state index contributed by atoms with van der Waals surface area (Å²) in [6.45, 7) is 0.348. The highest BCUT2D eigenvalue weighted by molar-refractivity contribution is 5.94. The molecule has 2 aromatic carbocycles. The minimum absolute atomic E-state index is 0.246. The van der Waals surface area contributed by atoms with E-state index in [0.29, 0.717) is 12.2 Å². The molecule has 0 unspecified atom stereocenters. The molecule has 21 heavy (non-hydrogen) atoms. The van der Waals surface area contributed by atoms with Crippen molar-refractivity contribution in [2.45, 2.75) is 12.9 Å². The molecule has 4 heteroatoms. The fraction of sp³-hybridized carbons (Fsp3) is 0.235. The Balaban J connectivity index is 1.98. The number of benzene rings is 2. The highest BCUT2D eigenvalue weighted by Crippen LogP contribution is 2.29. The van der Waals surface area contributed by atoms with Gasteiger partial charge in [0.15, 0.2) is 6.29 Å². The van der Waals surface area contributed by atoms with Crippen molar-refractivity contribution in [1.82, 2.24) is 0 Å². The van der Waals surface area contributed by atoms with Crippen molar-refractivity contribution in [1.29, 1.82) is 0 Å². The minimum atomic E-state index is -0.385. The number of methoxy groups -OCH3 is 2. The van der Waals surface area contributed by atoms with Gasteiger partial charge in [-0.25, -0.2) is 4.79 Å².